The second-order valence-electron chi connectivity index (χ2n) is 9.13. The van der Waals surface area contributed by atoms with Crippen molar-refractivity contribution in [2.75, 3.05) is 26.7 Å². The zero-order valence-electron chi connectivity index (χ0n) is 22.3. The summed E-state index contributed by atoms with van der Waals surface area (Å²) in [6.45, 7) is 1.22. The minimum absolute atomic E-state index is 0.00461. The van der Waals surface area contributed by atoms with Crippen LogP contribution in [0.2, 0.25) is 5.02 Å². The standard InChI is InChI=1S/C30H26ClF5N4O2/c1-37-27(41)3-2-12-38-13-14-42-21-8-4-18(5-9-21)28(19-6-11-26-23(15-19)29(33)40-39-26)24(17-30(34,35)36)22-10-7-20(32)16-25(22)31/h2-11,15-16,38H,12-14,17H2,1H3,(H,37,41)(H,39,40)/b3-2+,28-24+. The van der Waals surface area contributed by atoms with E-state index in [2.05, 4.69) is 20.8 Å². The van der Waals surface area contributed by atoms with E-state index in [4.69, 9.17) is 16.3 Å². The summed E-state index contributed by atoms with van der Waals surface area (Å²) < 4.78 is 75.8. The maximum atomic E-state index is 14.4. The summed E-state index contributed by atoms with van der Waals surface area (Å²) in [5.74, 6) is -1.17. The summed E-state index contributed by atoms with van der Waals surface area (Å²) in [7, 11) is 1.53. The van der Waals surface area contributed by atoms with Gasteiger partial charge >= 0.3 is 6.18 Å². The van der Waals surface area contributed by atoms with Gasteiger partial charge in [0.15, 0.2) is 0 Å². The van der Waals surface area contributed by atoms with E-state index < -0.39 is 24.4 Å². The molecule has 0 bridgehead atoms. The number of fused-ring (bicyclic) bond motifs is 1. The third-order valence-corrected chi connectivity index (χ3v) is 6.51. The number of H-pyrrole nitrogens is 1. The predicted molar refractivity (Wildman–Crippen MR) is 152 cm³/mol. The first kappa shape index (κ1) is 30.7. The van der Waals surface area contributed by atoms with E-state index in [1.807, 2.05) is 0 Å². The SMILES string of the molecule is CNC(=O)/C=C/CNCCOc1ccc(/C(=C(/CC(F)(F)F)c2ccc(F)cc2Cl)c2ccc3n[nH]c(F)c3c2)cc1. The number of likely N-dealkylation sites (N-methyl/N-ethyl adjacent to an activating group) is 1. The quantitative estimate of drug-likeness (QED) is 0.0773. The van der Waals surface area contributed by atoms with Crippen molar-refractivity contribution in [1.82, 2.24) is 20.8 Å². The lowest BCUT2D eigenvalue weighted by Gasteiger charge is -2.20. The highest BCUT2D eigenvalue weighted by atomic mass is 35.5. The van der Waals surface area contributed by atoms with Crippen molar-refractivity contribution in [3.63, 3.8) is 0 Å². The van der Waals surface area contributed by atoms with Crippen molar-refractivity contribution in [1.29, 1.82) is 0 Å². The first-order valence-electron chi connectivity index (χ1n) is 12.8. The molecule has 12 heteroatoms. The molecule has 3 N–H and O–H groups in total. The Hall–Kier alpha value is -4.22. The van der Waals surface area contributed by atoms with E-state index in [-0.39, 0.29) is 45.2 Å². The van der Waals surface area contributed by atoms with Gasteiger partial charge in [-0.2, -0.15) is 22.7 Å². The van der Waals surface area contributed by atoms with E-state index in [0.717, 1.165) is 12.1 Å². The number of aromatic nitrogens is 2. The number of amides is 1. The zero-order chi connectivity index (χ0) is 30.3. The molecule has 0 radical (unpaired) electrons. The molecule has 0 atom stereocenters. The Balaban J connectivity index is 1.70. The fourth-order valence-electron chi connectivity index (χ4n) is 4.30. The number of nitrogens with one attached hydrogen (secondary N) is 3. The Kier molecular flexibility index (Phi) is 9.97. The Morgan fingerprint density at radius 3 is 2.48 bits per heavy atom. The van der Waals surface area contributed by atoms with Gasteiger partial charge in [-0.3, -0.25) is 9.89 Å². The average Bonchev–Trinajstić information content (AvgIpc) is 3.32. The van der Waals surface area contributed by atoms with Crippen LogP contribution in [0.1, 0.15) is 23.1 Å². The number of nitrogens with zero attached hydrogens (tertiary/aromatic N) is 1. The lowest BCUT2D eigenvalue weighted by molar-refractivity contribution is -0.123. The van der Waals surface area contributed by atoms with Crippen LogP contribution in [0.5, 0.6) is 5.75 Å². The third kappa shape index (κ3) is 7.95. The average molecular weight is 605 g/mol. The maximum Gasteiger partial charge on any atom is 0.393 e. The van der Waals surface area contributed by atoms with Crippen molar-refractivity contribution in [3.05, 3.63) is 106 Å². The molecule has 4 aromatic rings. The Labute approximate surface area is 243 Å². The number of alkyl halides is 3. The molecule has 1 aromatic heterocycles. The van der Waals surface area contributed by atoms with Crippen LogP contribution < -0.4 is 15.4 Å². The third-order valence-electron chi connectivity index (χ3n) is 6.20. The van der Waals surface area contributed by atoms with Gasteiger partial charge in [0.1, 0.15) is 18.2 Å². The van der Waals surface area contributed by atoms with Gasteiger partial charge in [-0.05, 0) is 64.2 Å². The van der Waals surface area contributed by atoms with Gasteiger partial charge in [-0.25, -0.2) is 4.39 Å². The summed E-state index contributed by atoms with van der Waals surface area (Å²) in [6, 6.07) is 14.0. The Bertz CT molecular complexity index is 1610. The van der Waals surface area contributed by atoms with Gasteiger partial charge in [-0.1, -0.05) is 41.9 Å². The molecular formula is C30H26ClF5N4O2. The number of carbonyl (C=O) groups is 1. The van der Waals surface area contributed by atoms with Gasteiger partial charge in [0.25, 0.3) is 0 Å². The molecule has 1 amide bonds. The van der Waals surface area contributed by atoms with Gasteiger partial charge in [0.05, 0.1) is 22.3 Å². The summed E-state index contributed by atoms with van der Waals surface area (Å²) in [5, 5.41) is 11.5. The summed E-state index contributed by atoms with van der Waals surface area (Å²) in [4.78, 5) is 11.2. The van der Waals surface area contributed by atoms with E-state index in [1.165, 1.54) is 31.3 Å². The van der Waals surface area contributed by atoms with Crippen LogP contribution in [0, 0.1) is 11.8 Å². The molecule has 42 heavy (non-hydrogen) atoms. The number of hydrogen-bond acceptors (Lipinski definition) is 4. The van der Waals surface area contributed by atoms with Crippen LogP contribution in [0.3, 0.4) is 0 Å². The highest BCUT2D eigenvalue weighted by molar-refractivity contribution is 6.32. The molecule has 0 aliphatic heterocycles. The second-order valence-corrected chi connectivity index (χ2v) is 9.54. The topological polar surface area (TPSA) is 79.0 Å². The van der Waals surface area contributed by atoms with Crippen LogP contribution in [-0.2, 0) is 4.79 Å². The molecule has 6 nitrogen and oxygen atoms in total. The smallest absolute Gasteiger partial charge is 0.393 e. The highest BCUT2D eigenvalue weighted by Crippen LogP contribution is 2.42. The normalized spacial score (nSPS) is 12.5. The Morgan fingerprint density at radius 1 is 1.05 bits per heavy atom. The summed E-state index contributed by atoms with van der Waals surface area (Å²) in [6.07, 6.45) is -2.95. The van der Waals surface area contributed by atoms with Gasteiger partial charge in [-0.15, -0.1) is 0 Å². The molecule has 0 aliphatic rings. The molecule has 3 aromatic carbocycles. The molecule has 4 rings (SSSR count). The Morgan fingerprint density at radius 2 is 1.79 bits per heavy atom. The summed E-state index contributed by atoms with van der Waals surface area (Å²) >= 11 is 6.26. The van der Waals surface area contributed by atoms with Crippen LogP contribution in [0.25, 0.3) is 22.0 Å². The van der Waals surface area contributed by atoms with Crippen molar-refractivity contribution < 1.29 is 31.5 Å². The number of allylic oxidation sites excluding steroid dienone is 1. The molecule has 0 fully saturated rings. The lowest BCUT2D eigenvalue weighted by atomic mass is 9.87. The maximum absolute atomic E-state index is 14.4. The first-order chi connectivity index (χ1) is 20.1. The molecule has 0 saturated carbocycles. The zero-order valence-corrected chi connectivity index (χ0v) is 23.0. The molecule has 220 valence electrons. The van der Waals surface area contributed by atoms with Crippen molar-refractivity contribution >= 4 is 39.6 Å². The number of hydrogen-bond donors (Lipinski definition) is 3. The van der Waals surface area contributed by atoms with Gasteiger partial charge in [0.2, 0.25) is 11.9 Å². The molecule has 0 unspecified atom stereocenters. The second kappa shape index (κ2) is 13.6. The van der Waals surface area contributed by atoms with Crippen LogP contribution in [0.4, 0.5) is 22.0 Å². The number of ether oxygens (including phenoxy) is 1. The molecule has 0 aliphatic carbocycles. The van der Waals surface area contributed by atoms with Crippen molar-refractivity contribution in [2.45, 2.75) is 12.6 Å². The van der Waals surface area contributed by atoms with Crippen LogP contribution in [0.15, 0.2) is 72.8 Å². The minimum Gasteiger partial charge on any atom is -0.492 e. The fourth-order valence-corrected chi connectivity index (χ4v) is 4.58. The number of halogens is 6. The fraction of sp³-hybridized carbons (Fsp3) is 0.200. The molecule has 0 spiro atoms. The van der Waals surface area contributed by atoms with Gasteiger partial charge in [0, 0.05) is 26.2 Å². The van der Waals surface area contributed by atoms with Crippen molar-refractivity contribution in [3.8, 4) is 5.75 Å². The highest BCUT2D eigenvalue weighted by Gasteiger charge is 2.32. The van der Waals surface area contributed by atoms with E-state index in [9.17, 15) is 26.7 Å². The minimum atomic E-state index is -4.64. The molecule has 0 saturated heterocycles. The van der Waals surface area contributed by atoms with Crippen LogP contribution in [-0.4, -0.2) is 49.0 Å². The monoisotopic (exact) mass is 604 g/mol. The van der Waals surface area contributed by atoms with Gasteiger partial charge < -0.3 is 15.4 Å². The summed E-state index contributed by atoms with van der Waals surface area (Å²) in [5.41, 5.74) is 0.884. The lowest BCUT2D eigenvalue weighted by Crippen LogP contribution is -2.21. The molecule has 1 heterocycles. The number of rotatable bonds is 11. The van der Waals surface area contributed by atoms with E-state index in [0.29, 0.717) is 29.9 Å². The molecular weight excluding hydrogens is 579 g/mol. The van der Waals surface area contributed by atoms with E-state index in [1.54, 1.807) is 36.4 Å². The van der Waals surface area contributed by atoms with Crippen molar-refractivity contribution in [2.24, 2.45) is 0 Å². The number of benzene rings is 3. The van der Waals surface area contributed by atoms with Crippen LogP contribution >= 0.6 is 11.6 Å². The van der Waals surface area contributed by atoms with E-state index >= 15 is 0 Å². The predicted octanol–water partition coefficient (Wildman–Crippen LogP) is 6.68. The largest absolute Gasteiger partial charge is 0.492 e. The number of carbonyl (C=O) groups excluding carboxylic acids is 1. The number of aromatic amines is 1. The first-order valence-corrected chi connectivity index (χ1v) is 13.1.